The van der Waals surface area contributed by atoms with E-state index in [4.69, 9.17) is 4.74 Å². The number of carbonyl (C=O) groups excluding carboxylic acids is 2. The Kier molecular flexibility index (Phi) is 81.3. The van der Waals surface area contributed by atoms with Gasteiger partial charge in [-0.2, -0.15) is 0 Å². The number of aliphatic hydroxyl groups excluding tert-OH is 2. The molecule has 93 heavy (non-hydrogen) atoms. The van der Waals surface area contributed by atoms with Gasteiger partial charge in [-0.15, -0.1) is 0 Å². The van der Waals surface area contributed by atoms with Crippen LogP contribution in [0.25, 0.3) is 0 Å². The van der Waals surface area contributed by atoms with Crippen LogP contribution < -0.4 is 5.32 Å². The van der Waals surface area contributed by atoms with E-state index < -0.39 is 12.1 Å². The molecule has 1 amide bonds. The highest BCUT2D eigenvalue weighted by Gasteiger charge is 2.18. The van der Waals surface area contributed by atoms with E-state index >= 15 is 0 Å². The van der Waals surface area contributed by atoms with Gasteiger partial charge in [-0.1, -0.05) is 449 Å². The van der Waals surface area contributed by atoms with E-state index in [1.807, 2.05) is 6.08 Å². The molecule has 0 aliphatic carbocycles. The van der Waals surface area contributed by atoms with Crippen LogP contribution in [0.4, 0.5) is 0 Å². The fraction of sp³-hybridized carbons (Fsp3) is 0.931. The zero-order chi connectivity index (χ0) is 67.0. The van der Waals surface area contributed by atoms with Gasteiger partial charge in [0, 0.05) is 12.8 Å². The van der Waals surface area contributed by atoms with Crippen LogP contribution in [0.3, 0.4) is 0 Å². The van der Waals surface area contributed by atoms with Gasteiger partial charge in [-0.25, -0.2) is 0 Å². The largest absolute Gasteiger partial charge is 0.466 e. The number of rotatable bonds is 82. The Balaban J connectivity index is 3.36. The van der Waals surface area contributed by atoms with E-state index in [9.17, 15) is 19.8 Å². The fourth-order valence-corrected chi connectivity index (χ4v) is 13.9. The third kappa shape index (κ3) is 79.2. The highest BCUT2D eigenvalue weighted by atomic mass is 16.5. The van der Waals surface area contributed by atoms with E-state index in [1.54, 1.807) is 6.08 Å². The molecule has 0 bridgehead atoms. The van der Waals surface area contributed by atoms with Gasteiger partial charge in [0.1, 0.15) is 0 Å². The molecule has 0 spiro atoms. The van der Waals surface area contributed by atoms with Gasteiger partial charge in [-0.05, 0) is 57.8 Å². The first-order chi connectivity index (χ1) is 46.0. The van der Waals surface area contributed by atoms with Crippen LogP contribution in [0, 0.1) is 0 Å². The first-order valence-corrected chi connectivity index (χ1v) is 43.1. The minimum atomic E-state index is -0.844. The Hall–Kier alpha value is -1.66. The van der Waals surface area contributed by atoms with Crippen LogP contribution in [-0.2, 0) is 14.3 Å². The summed E-state index contributed by atoms with van der Waals surface area (Å²) in [5.41, 5.74) is 0. The second-order valence-electron chi connectivity index (χ2n) is 29.9. The summed E-state index contributed by atoms with van der Waals surface area (Å²) in [6.07, 6.45) is 108. The monoisotopic (exact) mass is 1310 g/mol. The zero-order valence-corrected chi connectivity index (χ0v) is 63.5. The summed E-state index contributed by atoms with van der Waals surface area (Å²) < 4.78 is 5.52. The Morgan fingerprint density at radius 3 is 0.763 bits per heavy atom. The molecule has 0 saturated carbocycles. The summed E-state index contributed by atoms with van der Waals surface area (Å²) >= 11 is 0. The number of ether oxygens (including phenoxy) is 1. The molecule has 0 saturated heterocycles. The van der Waals surface area contributed by atoms with Gasteiger partial charge >= 0.3 is 5.97 Å². The van der Waals surface area contributed by atoms with Crippen molar-refractivity contribution in [2.75, 3.05) is 13.2 Å². The van der Waals surface area contributed by atoms with Crippen molar-refractivity contribution in [1.29, 1.82) is 0 Å². The number of unbranched alkanes of at least 4 members (excludes halogenated alkanes) is 69. The maximum Gasteiger partial charge on any atom is 0.305 e. The molecule has 2 atom stereocenters. The second kappa shape index (κ2) is 82.8. The Labute approximate surface area is 583 Å². The van der Waals surface area contributed by atoms with Gasteiger partial charge in [0.05, 0.1) is 25.4 Å². The lowest BCUT2D eigenvalue weighted by atomic mass is 10.0. The van der Waals surface area contributed by atoms with E-state index in [0.717, 1.165) is 38.5 Å². The molecule has 0 aliphatic heterocycles. The van der Waals surface area contributed by atoms with Crippen molar-refractivity contribution in [1.82, 2.24) is 5.32 Å². The summed E-state index contributed by atoms with van der Waals surface area (Å²) in [7, 11) is 0. The number of hydrogen-bond donors (Lipinski definition) is 3. The Bertz CT molecular complexity index is 1460. The highest BCUT2D eigenvalue weighted by Crippen LogP contribution is 2.21. The molecule has 0 radical (unpaired) electrons. The lowest BCUT2D eigenvalue weighted by molar-refractivity contribution is -0.143. The van der Waals surface area contributed by atoms with E-state index in [1.165, 1.54) is 430 Å². The molecule has 3 N–H and O–H groups in total. The smallest absolute Gasteiger partial charge is 0.305 e. The maximum atomic E-state index is 12.6. The summed E-state index contributed by atoms with van der Waals surface area (Å²) in [5, 5.41) is 23.3. The minimum Gasteiger partial charge on any atom is -0.466 e. The quantitative estimate of drug-likeness (QED) is 0.0320. The molecule has 6 nitrogen and oxygen atoms in total. The number of hydrogen-bond acceptors (Lipinski definition) is 5. The zero-order valence-electron chi connectivity index (χ0n) is 63.5. The van der Waals surface area contributed by atoms with Crippen LogP contribution in [0.5, 0.6) is 0 Å². The molecule has 0 fully saturated rings. The summed E-state index contributed by atoms with van der Waals surface area (Å²) in [6.45, 7) is 4.97. The Morgan fingerprint density at radius 1 is 0.290 bits per heavy atom. The fourth-order valence-electron chi connectivity index (χ4n) is 13.9. The van der Waals surface area contributed by atoms with E-state index in [-0.39, 0.29) is 18.5 Å². The van der Waals surface area contributed by atoms with Crippen LogP contribution >= 0.6 is 0 Å². The van der Waals surface area contributed by atoms with Crippen LogP contribution in [-0.4, -0.2) is 47.4 Å². The van der Waals surface area contributed by atoms with Gasteiger partial charge in [0.2, 0.25) is 5.91 Å². The normalized spacial score (nSPS) is 12.5. The molecular weight excluding hydrogens is 1140 g/mol. The standard InChI is InChI=1S/C87H169NO5/c1-3-5-7-9-11-13-15-17-19-21-23-24-25-35-38-41-44-47-51-55-59-63-67-71-75-79-85(90)84(83-89)88-86(91)80-76-72-68-64-60-56-52-48-45-42-39-36-33-31-29-27-26-28-30-32-34-37-40-43-46-50-54-58-62-66-70-74-78-82-93-87(92)81-77-73-69-65-61-57-53-49-22-20-18-16-14-12-10-8-6-4-2/h30,32,75,79,84-85,89-90H,3-29,31,33-74,76-78,80-83H2,1-2H3,(H,88,91)/b32-30-,79-75+. The van der Waals surface area contributed by atoms with Gasteiger partial charge in [-0.3, -0.25) is 9.59 Å². The van der Waals surface area contributed by atoms with Crippen molar-refractivity contribution in [3.8, 4) is 0 Å². The third-order valence-electron chi connectivity index (χ3n) is 20.5. The van der Waals surface area contributed by atoms with Crippen molar-refractivity contribution in [2.45, 2.75) is 508 Å². The first-order valence-electron chi connectivity index (χ1n) is 43.1. The molecule has 0 aliphatic rings. The van der Waals surface area contributed by atoms with Crippen molar-refractivity contribution < 1.29 is 24.5 Å². The maximum absolute atomic E-state index is 12.6. The predicted octanol–water partition coefficient (Wildman–Crippen LogP) is 28.8. The van der Waals surface area contributed by atoms with Crippen LogP contribution in [0.2, 0.25) is 0 Å². The summed E-state index contributed by atoms with van der Waals surface area (Å²) in [4.78, 5) is 24.7. The van der Waals surface area contributed by atoms with Crippen molar-refractivity contribution in [3.05, 3.63) is 24.3 Å². The molecule has 0 heterocycles. The Morgan fingerprint density at radius 2 is 0.505 bits per heavy atom. The highest BCUT2D eigenvalue weighted by molar-refractivity contribution is 5.76. The van der Waals surface area contributed by atoms with Gasteiger partial charge in [0.25, 0.3) is 0 Å². The van der Waals surface area contributed by atoms with Crippen LogP contribution in [0.15, 0.2) is 24.3 Å². The van der Waals surface area contributed by atoms with Crippen molar-refractivity contribution in [2.24, 2.45) is 0 Å². The number of carbonyl (C=O) groups is 2. The van der Waals surface area contributed by atoms with Gasteiger partial charge in [0.15, 0.2) is 0 Å². The molecule has 552 valence electrons. The van der Waals surface area contributed by atoms with Gasteiger partial charge < -0.3 is 20.3 Å². The van der Waals surface area contributed by atoms with E-state index in [2.05, 4.69) is 31.3 Å². The minimum absolute atomic E-state index is 0.0242. The van der Waals surface area contributed by atoms with Crippen molar-refractivity contribution in [3.63, 3.8) is 0 Å². The molecule has 0 aromatic rings. The number of aliphatic hydroxyl groups is 2. The average Bonchev–Trinajstić information content (AvgIpc) is 3.78. The second-order valence-corrected chi connectivity index (χ2v) is 29.9. The third-order valence-corrected chi connectivity index (χ3v) is 20.5. The number of nitrogens with one attached hydrogen (secondary N) is 1. The number of esters is 1. The lowest BCUT2D eigenvalue weighted by Crippen LogP contribution is -2.45. The average molecular weight is 1310 g/mol. The summed E-state index contributed by atoms with van der Waals surface area (Å²) in [6, 6.07) is -0.627. The first kappa shape index (κ1) is 91.3. The summed E-state index contributed by atoms with van der Waals surface area (Å²) in [5.74, 6) is -0.0348. The molecule has 0 aromatic heterocycles. The van der Waals surface area contributed by atoms with Crippen LogP contribution in [0.1, 0.15) is 495 Å². The SMILES string of the molecule is CCCCCCCCCCCCCCCCCCCCCCCCC/C=C/C(O)C(CO)NC(=O)CCCCCCCCCCCCCCCCCCC/C=C\CCCCCCCCCCCCCCOC(=O)CCCCCCCCCCCCCCCCCCCC. The molecule has 2 unspecified atom stereocenters. The molecule has 0 aromatic carbocycles. The topological polar surface area (TPSA) is 95.9 Å². The number of amides is 1. The van der Waals surface area contributed by atoms with E-state index in [0.29, 0.717) is 19.4 Å². The molecule has 6 heteroatoms. The lowest BCUT2D eigenvalue weighted by Gasteiger charge is -2.20. The predicted molar refractivity (Wildman–Crippen MR) is 412 cm³/mol. The number of allylic oxidation sites excluding steroid dienone is 3. The molecular formula is C87H169NO5. The van der Waals surface area contributed by atoms with Crippen molar-refractivity contribution >= 4 is 11.9 Å². The molecule has 0 rings (SSSR count).